The van der Waals surface area contributed by atoms with Crippen LogP contribution in [0.3, 0.4) is 0 Å². The second kappa shape index (κ2) is 11.1. The number of amides is 2. The molecule has 0 saturated carbocycles. The average molecular weight is 493 g/mol. The fourth-order valence-corrected chi connectivity index (χ4v) is 4.82. The van der Waals surface area contributed by atoms with Crippen molar-refractivity contribution in [2.24, 2.45) is 0 Å². The average Bonchev–Trinajstić information content (AvgIpc) is 3.49. The number of aliphatic carboxylic acids is 1. The van der Waals surface area contributed by atoms with E-state index in [4.69, 9.17) is 9.47 Å². The third kappa shape index (κ3) is 5.25. The maximum absolute atomic E-state index is 12.8. The predicted molar refractivity (Wildman–Crippen MR) is 130 cm³/mol. The Hall–Kier alpha value is -4.14. The van der Waals surface area contributed by atoms with Crippen molar-refractivity contribution in [2.75, 3.05) is 19.8 Å². The van der Waals surface area contributed by atoms with Crippen molar-refractivity contribution in [3.05, 3.63) is 72.3 Å². The molecule has 36 heavy (non-hydrogen) atoms. The summed E-state index contributed by atoms with van der Waals surface area (Å²) in [6.07, 6.45) is 1.01. The smallest absolute Gasteiger partial charge is 0.407 e. The lowest BCUT2D eigenvalue weighted by molar-refractivity contribution is -0.153. The van der Waals surface area contributed by atoms with Crippen LogP contribution in [-0.2, 0) is 23.9 Å². The van der Waals surface area contributed by atoms with Crippen LogP contribution in [0.5, 0.6) is 0 Å². The molecule has 0 aromatic heterocycles. The van der Waals surface area contributed by atoms with Gasteiger partial charge >= 0.3 is 18.0 Å². The number of nitrogens with one attached hydrogen (secondary N) is 1. The molecule has 2 N–H and O–H groups in total. The zero-order valence-corrected chi connectivity index (χ0v) is 19.7. The molecule has 188 valence electrons. The maximum Gasteiger partial charge on any atom is 0.407 e. The van der Waals surface area contributed by atoms with Gasteiger partial charge in [0.25, 0.3) is 0 Å². The molecule has 2 aromatic rings. The number of nitrogens with zero attached hydrogens (tertiary/aromatic N) is 1. The molecule has 4 rings (SSSR count). The van der Waals surface area contributed by atoms with E-state index in [-0.39, 0.29) is 19.1 Å². The van der Waals surface area contributed by atoms with Crippen molar-refractivity contribution in [3.8, 4) is 11.1 Å². The van der Waals surface area contributed by atoms with Crippen LogP contribution < -0.4 is 5.32 Å². The standard InChI is InChI=1S/C27H28N2O7/c1-2-14-35-26(33)23-12-7-13-29(23)24(30)15-22(25(31)32)28-27(34)36-16-21-19-10-5-3-8-17(19)18-9-4-6-11-20(18)21/h2-6,8-11,21-23H,1,7,12-16H2,(H,28,34)(H,31,32)/t22-,23+/m0/s1. The third-order valence-corrected chi connectivity index (χ3v) is 6.50. The molecular weight excluding hydrogens is 464 g/mol. The van der Waals surface area contributed by atoms with Crippen molar-refractivity contribution < 1.29 is 33.8 Å². The molecule has 0 bridgehead atoms. The SMILES string of the molecule is C=CCOC(=O)[C@H]1CCCN1C(=O)C[C@H](NC(=O)OCC1c2ccccc2-c2ccccc21)C(=O)O. The van der Waals surface area contributed by atoms with E-state index in [2.05, 4.69) is 11.9 Å². The molecule has 1 aliphatic carbocycles. The number of hydrogen-bond donors (Lipinski definition) is 2. The van der Waals surface area contributed by atoms with E-state index < -0.39 is 42.4 Å². The number of benzene rings is 2. The van der Waals surface area contributed by atoms with Gasteiger partial charge in [0, 0.05) is 12.5 Å². The highest BCUT2D eigenvalue weighted by Crippen LogP contribution is 2.44. The Kier molecular flexibility index (Phi) is 7.68. The molecule has 1 heterocycles. The lowest BCUT2D eigenvalue weighted by Gasteiger charge is -2.25. The maximum atomic E-state index is 12.8. The van der Waals surface area contributed by atoms with E-state index in [1.54, 1.807) is 0 Å². The zero-order chi connectivity index (χ0) is 25.7. The van der Waals surface area contributed by atoms with Gasteiger partial charge in [-0.3, -0.25) is 4.79 Å². The van der Waals surface area contributed by atoms with E-state index in [0.717, 1.165) is 22.3 Å². The highest BCUT2D eigenvalue weighted by Gasteiger charge is 2.37. The van der Waals surface area contributed by atoms with Crippen LogP contribution in [0.2, 0.25) is 0 Å². The molecule has 1 saturated heterocycles. The van der Waals surface area contributed by atoms with Crippen LogP contribution >= 0.6 is 0 Å². The Balaban J connectivity index is 1.36. The lowest BCUT2D eigenvalue weighted by Crippen LogP contribution is -2.48. The molecule has 9 nitrogen and oxygen atoms in total. The van der Waals surface area contributed by atoms with Gasteiger partial charge in [-0.1, -0.05) is 61.2 Å². The van der Waals surface area contributed by atoms with Crippen LogP contribution in [0.1, 0.15) is 36.3 Å². The van der Waals surface area contributed by atoms with Gasteiger partial charge < -0.3 is 24.8 Å². The van der Waals surface area contributed by atoms with E-state index in [0.29, 0.717) is 19.4 Å². The first-order chi connectivity index (χ1) is 17.4. The normalized spacial score (nSPS) is 17.0. The fourth-order valence-electron chi connectivity index (χ4n) is 4.82. The van der Waals surface area contributed by atoms with Gasteiger partial charge in [-0.25, -0.2) is 14.4 Å². The Bertz CT molecular complexity index is 1130. The van der Waals surface area contributed by atoms with Gasteiger partial charge in [0.05, 0.1) is 6.42 Å². The van der Waals surface area contributed by atoms with Crippen LogP contribution in [0.4, 0.5) is 4.79 Å². The van der Waals surface area contributed by atoms with Crippen LogP contribution in [0, 0.1) is 0 Å². The van der Waals surface area contributed by atoms with Crippen molar-refractivity contribution >= 4 is 23.9 Å². The molecule has 2 atom stereocenters. The van der Waals surface area contributed by atoms with Crippen LogP contribution in [0.15, 0.2) is 61.2 Å². The molecule has 1 fully saturated rings. The number of carbonyl (C=O) groups is 4. The monoisotopic (exact) mass is 492 g/mol. The first kappa shape index (κ1) is 25.0. The summed E-state index contributed by atoms with van der Waals surface area (Å²) in [6.45, 7) is 3.84. The number of fused-ring (bicyclic) bond motifs is 3. The van der Waals surface area contributed by atoms with Gasteiger partial charge in [0.1, 0.15) is 25.3 Å². The van der Waals surface area contributed by atoms with Gasteiger partial charge in [0.2, 0.25) is 5.91 Å². The summed E-state index contributed by atoms with van der Waals surface area (Å²) in [6, 6.07) is 13.4. The van der Waals surface area contributed by atoms with Gasteiger partial charge in [0.15, 0.2) is 0 Å². The Morgan fingerprint density at radius 1 is 1.06 bits per heavy atom. The minimum atomic E-state index is -1.50. The molecular formula is C27H28N2O7. The largest absolute Gasteiger partial charge is 0.480 e. The highest BCUT2D eigenvalue weighted by atomic mass is 16.5. The molecule has 0 unspecified atom stereocenters. The zero-order valence-electron chi connectivity index (χ0n) is 19.7. The second-order valence-electron chi connectivity index (χ2n) is 8.73. The minimum absolute atomic E-state index is 0.0173. The molecule has 2 amide bonds. The van der Waals surface area contributed by atoms with E-state index in [1.807, 2.05) is 48.5 Å². The fraction of sp³-hybridized carbons (Fsp3) is 0.333. The minimum Gasteiger partial charge on any atom is -0.480 e. The van der Waals surface area contributed by atoms with Gasteiger partial charge in [-0.2, -0.15) is 0 Å². The van der Waals surface area contributed by atoms with Crippen LogP contribution in [-0.4, -0.2) is 65.8 Å². The van der Waals surface area contributed by atoms with Crippen LogP contribution in [0.25, 0.3) is 11.1 Å². The van der Waals surface area contributed by atoms with E-state index in [9.17, 15) is 24.3 Å². The number of carboxylic acids is 1. The highest BCUT2D eigenvalue weighted by molar-refractivity contribution is 5.90. The molecule has 0 spiro atoms. The summed E-state index contributed by atoms with van der Waals surface area (Å²) in [5.74, 6) is -2.67. The number of ether oxygens (including phenoxy) is 2. The quantitative estimate of drug-likeness (QED) is 0.407. The number of hydrogen-bond acceptors (Lipinski definition) is 6. The number of likely N-dealkylation sites (tertiary alicyclic amines) is 1. The number of esters is 1. The summed E-state index contributed by atoms with van der Waals surface area (Å²) in [5, 5.41) is 11.9. The van der Waals surface area contributed by atoms with E-state index in [1.165, 1.54) is 11.0 Å². The molecule has 9 heteroatoms. The Labute approximate surface area is 208 Å². The summed E-state index contributed by atoms with van der Waals surface area (Å²) in [7, 11) is 0. The number of carbonyl (C=O) groups excluding carboxylic acids is 3. The molecule has 2 aromatic carbocycles. The molecule has 1 aliphatic heterocycles. The summed E-state index contributed by atoms with van der Waals surface area (Å²) >= 11 is 0. The first-order valence-corrected chi connectivity index (χ1v) is 11.8. The summed E-state index contributed by atoms with van der Waals surface area (Å²) < 4.78 is 10.5. The Morgan fingerprint density at radius 3 is 2.31 bits per heavy atom. The van der Waals surface area contributed by atoms with Gasteiger partial charge in [-0.05, 0) is 35.1 Å². The lowest BCUT2D eigenvalue weighted by atomic mass is 9.98. The first-order valence-electron chi connectivity index (χ1n) is 11.8. The summed E-state index contributed by atoms with van der Waals surface area (Å²) in [4.78, 5) is 50.7. The van der Waals surface area contributed by atoms with Crippen molar-refractivity contribution in [1.29, 1.82) is 0 Å². The third-order valence-electron chi connectivity index (χ3n) is 6.50. The molecule has 0 radical (unpaired) electrons. The number of carboxylic acid groups (broad SMARTS) is 1. The van der Waals surface area contributed by atoms with E-state index >= 15 is 0 Å². The topological polar surface area (TPSA) is 122 Å². The summed E-state index contributed by atoms with van der Waals surface area (Å²) in [5.41, 5.74) is 4.20. The predicted octanol–water partition coefficient (Wildman–Crippen LogP) is 3.09. The van der Waals surface area contributed by atoms with Gasteiger partial charge in [-0.15, -0.1) is 0 Å². The Morgan fingerprint density at radius 2 is 1.69 bits per heavy atom. The molecule has 2 aliphatic rings. The van der Waals surface area contributed by atoms with Crippen molar-refractivity contribution in [2.45, 2.75) is 37.3 Å². The van der Waals surface area contributed by atoms with Crippen molar-refractivity contribution in [1.82, 2.24) is 10.2 Å². The van der Waals surface area contributed by atoms with Crippen molar-refractivity contribution in [3.63, 3.8) is 0 Å². The number of alkyl carbamates (subject to hydrolysis) is 1. The number of rotatable bonds is 9. The second-order valence-corrected chi connectivity index (χ2v) is 8.73.